The minimum atomic E-state index is -0.752. The van der Waals surface area contributed by atoms with Crippen molar-refractivity contribution in [1.82, 2.24) is 14.4 Å². The minimum absolute atomic E-state index is 0.106. The van der Waals surface area contributed by atoms with Gasteiger partial charge in [-0.3, -0.25) is 14.2 Å². The summed E-state index contributed by atoms with van der Waals surface area (Å²) in [7, 11) is 0. The number of ketones is 1. The number of aromatic nitrogens is 3. The topological polar surface area (TPSA) is 75.0 Å². The maximum atomic E-state index is 14.1. The molecule has 0 radical (unpaired) electrons. The Labute approximate surface area is 213 Å². The summed E-state index contributed by atoms with van der Waals surface area (Å²) in [4.78, 5) is 22.6. The second-order valence-corrected chi connectivity index (χ2v) is 9.70. The van der Waals surface area contributed by atoms with Crippen LogP contribution in [0.25, 0.3) is 5.65 Å². The average Bonchev–Trinajstić information content (AvgIpc) is 3.22. The molecule has 4 aromatic rings. The highest BCUT2D eigenvalue weighted by Gasteiger charge is 2.44. The van der Waals surface area contributed by atoms with E-state index in [2.05, 4.69) is 9.97 Å². The quantitative estimate of drug-likeness (QED) is 0.321. The van der Waals surface area contributed by atoms with Gasteiger partial charge in [0, 0.05) is 25.0 Å². The van der Waals surface area contributed by atoms with Gasteiger partial charge in [-0.05, 0) is 56.7 Å². The number of carbonyl (C=O) groups is 1. The smallest absolute Gasteiger partial charge is 0.182 e. The first-order valence-electron chi connectivity index (χ1n) is 11.9. The van der Waals surface area contributed by atoms with Crippen LogP contribution in [0.5, 0.6) is 5.75 Å². The lowest BCUT2D eigenvalue weighted by Gasteiger charge is -2.43. The molecule has 0 atom stereocenters. The number of aryl methyl sites for hydroxylation is 1. The molecule has 7 nitrogen and oxygen atoms in total. The number of imidazole rings is 1. The maximum Gasteiger partial charge on any atom is 0.182 e. The Morgan fingerprint density at radius 2 is 1.81 bits per heavy atom. The van der Waals surface area contributed by atoms with E-state index in [0.717, 1.165) is 5.56 Å². The molecule has 1 saturated heterocycles. The highest BCUT2D eigenvalue weighted by Crippen LogP contribution is 2.37. The third-order valence-electron chi connectivity index (χ3n) is 6.65. The molecule has 9 heteroatoms. The monoisotopic (exact) mass is 507 g/mol. The van der Waals surface area contributed by atoms with E-state index >= 15 is 0 Å². The summed E-state index contributed by atoms with van der Waals surface area (Å²) < 4.78 is 47.5. The first-order chi connectivity index (χ1) is 17.7. The van der Waals surface area contributed by atoms with Gasteiger partial charge in [0.1, 0.15) is 23.9 Å². The standard InChI is InChI=1S/C28H27F2N3O4/c1-18-25(23(34)13-28(19-7-5-11-31-14-19)16-36-27(2,3)37-17-28)33-12-6-10-24(26(33)32-18)35-15-20-21(29)8-4-9-22(20)30/h4-12,14H,13,15-17H2,1-3H3. The molecule has 0 saturated carbocycles. The van der Waals surface area contributed by atoms with Gasteiger partial charge in [0.2, 0.25) is 0 Å². The Kier molecular flexibility index (Phi) is 6.51. The van der Waals surface area contributed by atoms with Crippen molar-refractivity contribution in [3.63, 3.8) is 0 Å². The molecule has 0 N–H and O–H groups in total. The number of nitrogens with zero attached hydrogens (tertiary/aromatic N) is 3. The van der Waals surface area contributed by atoms with Crippen LogP contribution < -0.4 is 4.74 Å². The molecule has 0 amide bonds. The van der Waals surface area contributed by atoms with Gasteiger partial charge in [-0.15, -0.1) is 0 Å². The number of benzene rings is 1. The molecular formula is C28H27F2N3O4. The zero-order valence-electron chi connectivity index (χ0n) is 20.8. The van der Waals surface area contributed by atoms with E-state index in [1.165, 1.54) is 18.2 Å². The van der Waals surface area contributed by atoms with Crippen LogP contribution in [-0.4, -0.2) is 39.2 Å². The molecule has 4 heterocycles. The van der Waals surface area contributed by atoms with E-state index in [1.807, 2.05) is 26.0 Å². The predicted octanol–water partition coefficient (Wildman–Crippen LogP) is 5.19. The van der Waals surface area contributed by atoms with Crippen LogP contribution >= 0.6 is 0 Å². The lowest BCUT2D eigenvalue weighted by molar-refractivity contribution is -0.269. The second kappa shape index (κ2) is 9.64. The number of pyridine rings is 2. The Morgan fingerprint density at radius 1 is 1.08 bits per heavy atom. The molecule has 1 aliphatic heterocycles. The Balaban J connectivity index is 1.46. The van der Waals surface area contributed by atoms with Crippen LogP contribution in [0.15, 0.2) is 61.1 Å². The normalized spacial score (nSPS) is 16.6. The number of hydrogen-bond acceptors (Lipinski definition) is 6. The summed E-state index contributed by atoms with van der Waals surface area (Å²) in [5.74, 6) is -1.98. The van der Waals surface area contributed by atoms with Crippen LogP contribution in [0.2, 0.25) is 0 Å². The number of carbonyl (C=O) groups excluding carboxylic acids is 1. The molecule has 1 fully saturated rings. The fourth-order valence-electron chi connectivity index (χ4n) is 4.57. The van der Waals surface area contributed by atoms with Crippen LogP contribution in [0.4, 0.5) is 8.78 Å². The SMILES string of the molecule is Cc1nc2c(OCc3c(F)cccc3F)cccn2c1C(=O)CC1(c2cccnc2)COC(C)(C)OC1. The van der Waals surface area contributed by atoms with Crippen LogP contribution in [0, 0.1) is 18.6 Å². The van der Waals surface area contributed by atoms with Gasteiger partial charge in [-0.25, -0.2) is 13.8 Å². The van der Waals surface area contributed by atoms with Gasteiger partial charge < -0.3 is 14.2 Å². The van der Waals surface area contributed by atoms with Crippen molar-refractivity contribution in [2.75, 3.05) is 13.2 Å². The largest absolute Gasteiger partial charge is 0.485 e. The molecule has 192 valence electrons. The molecule has 1 aliphatic rings. The van der Waals surface area contributed by atoms with Crippen LogP contribution in [-0.2, 0) is 21.5 Å². The van der Waals surface area contributed by atoms with Crippen LogP contribution in [0.3, 0.4) is 0 Å². The molecule has 3 aromatic heterocycles. The number of fused-ring (bicyclic) bond motifs is 1. The number of Topliss-reactive ketones (excluding diaryl/α,β-unsaturated/α-hetero) is 1. The van der Waals surface area contributed by atoms with Gasteiger partial charge in [0.15, 0.2) is 23.0 Å². The first kappa shape index (κ1) is 25.0. The zero-order valence-corrected chi connectivity index (χ0v) is 20.8. The van der Waals surface area contributed by atoms with Gasteiger partial charge in [-0.1, -0.05) is 12.1 Å². The highest BCUT2D eigenvalue weighted by molar-refractivity contribution is 5.97. The van der Waals surface area contributed by atoms with E-state index < -0.39 is 22.8 Å². The lowest BCUT2D eigenvalue weighted by Crippen LogP contribution is -2.50. The molecule has 0 unspecified atom stereocenters. The van der Waals surface area contributed by atoms with E-state index in [0.29, 0.717) is 22.8 Å². The van der Waals surface area contributed by atoms with Gasteiger partial charge in [0.25, 0.3) is 0 Å². The molecule has 5 rings (SSSR count). The highest BCUT2D eigenvalue weighted by atomic mass is 19.1. The summed E-state index contributed by atoms with van der Waals surface area (Å²) in [6.07, 6.45) is 5.23. The lowest BCUT2D eigenvalue weighted by atomic mass is 9.77. The van der Waals surface area contributed by atoms with Crippen molar-refractivity contribution in [1.29, 1.82) is 0 Å². The summed E-state index contributed by atoms with van der Waals surface area (Å²) >= 11 is 0. The maximum absolute atomic E-state index is 14.1. The van der Waals surface area contributed by atoms with Gasteiger partial charge in [-0.2, -0.15) is 0 Å². The van der Waals surface area contributed by atoms with Crippen molar-refractivity contribution < 1.29 is 27.8 Å². The van der Waals surface area contributed by atoms with Gasteiger partial charge >= 0.3 is 0 Å². The van der Waals surface area contributed by atoms with E-state index in [1.54, 1.807) is 42.0 Å². The molecule has 1 aromatic carbocycles. The van der Waals surface area contributed by atoms with E-state index in [9.17, 15) is 13.6 Å². The predicted molar refractivity (Wildman–Crippen MR) is 131 cm³/mol. The number of ether oxygens (including phenoxy) is 3. The molecule has 0 bridgehead atoms. The van der Waals surface area contributed by atoms with Crippen LogP contribution in [0.1, 0.15) is 47.6 Å². The number of hydrogen-bond donors (Lipinski definition) is 0. The molecular weight excluding hydrogens is 480 g/mol. The summed E-state index contributed by atoms with van der Waals surface area (Å²) in [6.45, 7) is 5.68. The fourth-order valence-corrected chi connectivity index (χ4v) is 4.57. The third-order valence-corrected chi connectivity index (χ3v) is 6.65. The van der Waals surface area contributed by atoms with Crippen molar-refractivity contribution in [2.24, 2.45) is 0 Å². The Morgan fingerprint density at radius 3 is 2.49 bits per heavy atom. The second-order valence-electron chi connectivity index (χ2n) is 9.70. The van der Waals surface area contributed by atoms with Crippen molar-refractivity contribution in [3.05, 3.63) is 95.2 Å². The Hall–Kier alpha value is -3.69. The van der Waals surface area contributed by atoms with E-state index in [4.69, 9.17) is 14.2 Å². The van der Waals surface area contributed by atoms with Gasteiger partial charge in [0.05, 0.1) is 29.9 Å². The molecule has 0 spiro atoms. The van der Waals surface area contributed by atoms with E-state index in [-0.39, 0.29) is 37.6 Å². The van der Waals surface area contributed by atoms with Crippen molar-refractivity contribution in [2.45, 2.75) is 45.0 Å². The average molecular weight is 508 g/mol. The summed E-state index contributed by atoms with van der Waals surface area (Å²) in [6, 6.07) is 10.7. The number of halogens is 2. The van der Waals surface area contributed by atoms with Crippen molar-refractivity contribution >= 4 is 11.4 Å². The first-order valence-corrected chi connectivity index (χ1v) is 11.9. The number of rotatable bonds is 7. The summed E-state index contributed by atoms with van der Waals surface area (Å²) in [5.41, 5.74) is 1.23. The fraction of sp³-hybridized carbons (Fsp3) is 0.321. The molecule has 0 aliphatic carbocycles. The third kappa shape index (κ3) is 4.84. The summed E-state index contributed by atoms with van der Waals surface area (Å²) in [5, 5.41) is 0. The zero-order chi connectivity index (χ0) is 26.2. The van der Waals surface area contributed by atoms with Crippen molar-refractivity contribution in [3.8, 4) is 5.75 Å². The minimum Gasteiger partial charge on any atom is -0.485 e. The Bertz CT molecular complexity index is 1420. The molecule has 37 heavy (non-hydrogen) atoms.